The van der Waals surface area contributed by atoms with Crippen molar-refractivity contribution in [2.45, 2.75) is 25.9 Å². The van der Waals surface area contributed by atoms with Gasteiger partial charge in [0.1, 0.15) is 0 Å². The highest BCUT2D eigenvalue weighted by molar-refractivity contribution is 5.12. The molecular weight excluding hydrogens is 216 g/mol. The lowest BCUT2D eigenvalue weighted by molar-refractivity contribution is 0.0178. The summed E-state index contributed by atoms with van der Waals surface area (Å²) in [6.45, 7) is 8.39. The Hall–Kier alpha value is -0.910. The van der Waals surface area contributed by atoms with Crippen LogP contribution in [-0.4, -0.2) is 47.5 Å². The molecule has 0 bridgehead atoms. The van der Waals surface area contributed by atoms with Gasteiger partial charge in [-0.2, -0.15) is 5.10 Å². The van der Waals surface area contributed by atoms with E-state index in [1.54, 1.807) is 0 Å². The van der Waals surface area contributed by atoms with E-state index in [1.807, 2.05) is 10.9 Å². The van der Waals surface area contributed by atoms with Crippen molar-refractivity contribution in [3.63, 3.8) is 0 Å². The SMILES string of the molecule is CC(C)n1cc(C(CN)N2CCOCC2)cn1. The predicted octanol–water partition coefficient (Wildman–Crippen LogP) is 0.796. The molecule has 2 N–H and O–H groups in total. The maximum absolute atomic E-state index is 5.90. The van der Waals surface area contributed by atoms with Crippen LogP contribution in [0.4, 0.5) is 0 Å². The second kappa shape index (κ2) is 5.62. The first-order valence-electron chi connectivity index (χ1n) is 6.28. The topological polar surface area (TPSA) is 56.3 Å². The highest BCUT2D eigenvalue weighted by atomic mass is 16.5. The Balaban J connectivity index is 2.10. The highest BCUT2D eigenvalue weighted by Gasteiger charge is 2.22. The first-order valence-corrected chi connectivity index (χ1v) is 6.28. The summed E-state index contributed by atoms with van der Waals surface area (Å²) in [5.74, 6) is 0. The number of morpholine rings is 1. The Morgan fingerprint density at radius 1 is 1.41 bits per heavy atom. The minimum atomic E-state index is 0.270. The quantitative estimate of drug-likeness (QED) is 0.843. The molecule has 0 aromatic carbocycles. The molecule has 1 fully saturated rings. The fraction of sp³-hybridized carbons (Fsp3) is 0.750. The van der Waals surface area contributed by atoms with Gasteiger partial charge in [0.05, 0.1) is 25.5 Å². The summed E-state index contributed by atoms with van der Waals surface area (Å²) in [7, 11) is 0. The van der Waals surface area contributed by atoms with Crippen LogP contribution < -0.4 is 5.73 Å². The Morgan fingerprint density at radius 3 is 2.65 bits per heavy atom. The third-order valence-corrected chi connectivity index (χ3v) is 3.25. The summed E-state index contributed by atoms with van der Waals surface area (Å²) in [6, 6.07) is 0.665. The van der Waals surface area contributed by atoms with Crippen LogP contribution in [0.15, 0.2) is 12.4 Å². The number of nitrogens with two attached hydrogens (primary N) is 1. The molecule has 0 saturated carbocycles. The lowest BCUT2D eigenvalue weighted by Gasteiger charge is -2.33. The van der Waals surface area contributed by atoms with Gasteiger partial charge >= 0.3 is 0 Å². The molecule has 0 amide bonds. The largest absolute Gasteiger partial charge is 0.379 e. The van der Waals surface area contributed by atoms with Gasteiger partial charge in [-0.1, -0.05) is 0 Å². The van der Waals surface area contributed by atoms with Crippen molar-refractivity contribution in [1.29, 1.82) is 0 Å². The predicted molar refractivity (Wildman–Crippen MR) is 66.8 cm³/mol. The van der Waals surface area contributed by atoms with Crippen LogP contribution in [0.1, 0.15) is 31.5 Å². The molecule has 1 aliphatic heterocycles. The Morgan fingerprint density at radius 2 is 2.12 bits per heavy atom. The third kappa shape index (κ3) is 2.86. The fourth-order valence-corrected chi connectivity index (χ4v) is 2.19. The normalized spacial score (nSPS) is 19.8. The van der Waals surface area contributed by atoms with Crippen LogP contribution in [0, 0.1) is 0 Å². The van der Waals surface area contributed by atoms with Gasteiger partial charge in [0.15, 0.2) is 0 Å². The van der Waals surface area contributed by atoms with Gasteiger partial charge in [0.2, 0.25) is 0 Å². The first kappa shape index (κ1) is 12.5. The summed E-state index contributed by atoms with van der Waals surface area (Å²) in [6.07, 6.45) is 4.05. The molecule has 2 rings (SSSR count). The van der Waals surface area contributed by atoms with E-state index >= 15 is 0 Å². The van der Waals surface area contributed by atoms with Gasteiger partial charge in [-0.25, -0.2) is 0 Å². The van der Waals surface area contributed by atoms with Gasteiger partial charge in [-0.15, -0.1) is 0 Å². The summed E-state index contributed by atoms with van der Waals surface area (Å²) < 4.78 is 7.35. The molecule has 17 heavy (non-hydrogen) atoms. The number of nitrogens with zero attached hydrogens (tertiary/aromatic N) is 3. The van der Waals surface area contributed by atoms with Crippen LogP contribution in [0.2, 0.25) is 0 Å². The van der Waals surface area contributed by atoms with E-state index in [0.717, 1.165) is 26.3 Å². The molecule has 5 heteroatoms. The van der Waals surface area contributed by atoms with Gasteiger partial charge in [0, 0.05) is 37.4 Å². The van der Waals surface area contributed by atoms with Crippen LogP contribution in [0.25, 0.3) is 0 Å². The van der Waals surface area contributed by atoms with Crippen molar-refractivity contribution in [1.82, 2.24) is 14.7 Å². The van der Waals surface area contributed by atoms with E-state index in [4.69, 9.17) is 10.5 Å². The zero-order chi connectivity index (χ0) is 12.3. The lowest BCUT2D eigenvalue weighted by Crippen LogP contribution is -2.41. The minimum absolute atomic E-state index is 0.270. The van der Waals surface area contributed by atoms with Gasteiger partial charge in [-0.3, -0.25) is 9.58 Å². The van der Waals surface area contributed by atoms with Crippen molar-refractivity contribution in [2.75, 3.05) is 32.8 Å². The monoisotopic (exact) mass is 238 g/mol. The molecule has 96 valence electrons. The van der Waals surface area contributed by atoms with Crippen molar-refractivity contribution in [3.05, 3.63) is 18.0 Å². The molecule has 1 unspecified atom stereocenters. The smallest absolute Gasteiger partial charge is 0.0594 e. The Labute approximate surface area is 103 Å². The van der Waals surface area contributed by atoms with E-state index in [1.165, 1.54) is 5.56 Å². The number of aromatic nitrogens is 2. The fourth-order valence-electron chi connectivity index (χ4n) is 2.19. The van der Waals surface area contributed by atoms with Gasteiger partial charge in [0.25, 0.3) is 0 Å². The Bertz CT molecular complexity index is 344. The van der Waals surface area contributed by atoms with E-state index in [0.29, 0.717) is 12.6 Å². The van der Waals surface area contributed by atoms with Crippen molar-refractivity contribution in [3.8, 4) is 0 Å². The second-order valence-corrected chi connectivity index (χ2v) is 4.75. The van der Waals surface area contributed by atoms with E-state index < -0.39 is 0 Å². The molecule has 0 radical (unpaired) electrons. The first-order chi connectivity index (χ1) is 8.22. The van der Waals surface area contributed by atoms with E-state index in [-0.39, 0.29) is 6.04 Å². The summed E-state index contributed by atoms with van der Waals surface area (Å²) >= 11 is 0. The molecule has 1 atom stereocenters. The molecule has 5 nitrogen and oxygen atoms in total. The number of hydrogen-bond donors (Lipinski definition) is 1. The zero-order valence-corrected chi connectivity index (χ0v) is 10.7. The third-order valence-electron chi connectivity index (χ3n) is 3.25. The van der Waals surface area contributed by atoms with Crippen LogP contribution in [0.3, 0.4) is 0 Å². The number of ether oxygens (including phenoxy) is 1. The number of rotatable bonds is 4. The number of hydrogen-bond acceptors (Lipinski definition) is 4. The molecular formula is C12H22N4O. The molecule has 0 spiro atoms. The molecule has 1 saturated heterocycles. The van der Waals surface area contributed by atoms with Crippen molar-refractivity contribution < 1.29 is 4.74 Å². The lowest BCUT2D eigenvalue weighted by atomic mass is 10.1. The highest BCUT2D eigenvalue weighted by Crippen LogP contribution is 2.21. The van der Waals surface area contributed by atoms with Gasteiger partial charge < -0.3 is 10.5 Å². The average Bonchev–Trinajstić information content (AvgIpc) is 2.81. The van der Waals surface area contributed by atoms with E-state index in [2.05, 4.69) is 30.0 Å². The van der Waals surface area contributed by atoms with E-state index in [9.17, 15) is 0 Å². The average molecular weight is 238 g/mol. The molecule has 2 heterocycles. The Kier molecular flexibility index (Phi) is 4.15. The second-order valence-electron chi connectivity index (χ2n) is 4.75. The minimum Gasteiger partial charge on any atom is -0.379 e. The van der Waals surface area contributed by atoms with Crippen LogP contribution in [0.5, 0.6) is 0 Å². The van der Waals surface area contributed by atoms with Crippen LogP contribution >= 0.6 is 0 Å². The van der Waals surface area contributed by atoms with Crippen LogP contribution in [-0.2, 0) is 4.74 Å². The summed E-state index contributed by atoms with van der Waals surface area (Å²) in [5, 5.41) is 4.38. The molecule has 1 aliphatic rings. The standard InChI is InChI=1S/C12H22N4O/c1-10(2)16-9-11(8-14-16)12(7-13)15-3-5-17-6-4-15/h8-10,12H,3-7,13H2,1-2H3. The molecule has 1 aromatic rings. The maximum Gasteiger partial charge on any atom is 0.0594 e. The maximum atomic E-state index is 5.90. The van der Waals surface area contributed by atoms with Crippen molar-refractivity contribution in [2.24, 2.45) is 5.73 Å². The summed E-state index contributed by atoms with van der Waals surface area (Å²) in [5.41, 5.74) is 7.11. The van der Waals surface area contributed by atoms with Gasteiger partial charge in [-0.05, 0) is 13.8 Å². The molecule has 1 aromatic heterocycles. The van der Waals surface area contributed by atoms with Crippen molar-refractivity contribution >= 4 is 0 Å². The summed E-state index contributed by atoms with van der Waals surface area (Å²) in [4.78, 5) is 2.38. The molecule has 0 aliphatic carbocycles. The zero-order valence-electron chi connectivity index (χ0n) is 10.7.